The Bertz CT molecular complexity index is 394. The van der Waals surface area contributed by atoms with Crippen LogP contribution in [0, 0.1) is 5.82 Å². The van der Waals surface area contributed by atoms with Crippen molar-refractivity contribution in [2.75, 3.05) is 19.7 Å². The van der Waals surface area contributed by atoms with E-state index in [2.05, 4.69) is 0 Å². The van der Waals surface area contributed by atoms with Gasteiger partial charge in [-0.05, 0) is 24.1 Å². The molecule has 1 fully saturated rings. The molecule has 4 nitrogen and oxygen atoms in total. The zero-order valence-corrected chi connectivity index (χ0v) is 9.43. The second-order valence-corrected chi connectivity index (χ2v) is 4.04. The summed E-state index contributed by atoms with van der Waals surface area (Å²) in [6.07, 6.45) is 0.342. The summed E-state index contributed by atoms with van der Waals surface area (Å²) >= 11 is 0. The van der Waals surface area contributed by atoms with E-state index in [1.165, 1.54) is 12.1 Å². The number of hydrogen-bond acceptors (Lipinski definition) is 3. The average Bonchev–Trinajstić information content (AvgIpc) is 2.65. The summed E-state index contributed by atoms with van der Waals surface area (Å²) in [5.41, 5.74) is 6.43. The van der Waals surface area contributed by atoms with Gasteiger partial charge in [-0.1, -0.05) is 12.1 Å². The van der Waals surface area contributed by atoms with Crippen molar-refractivity contribution in [2.24, 2.45) is 5.73 Å². The molecular weight excluding hydrogens is 223 g/mol. The number of benzene rings is 1. The van der Waals surface area contributed by atoms with Gasteiger partial charge in [0.05, 0.1) is 6.04 Å². The van der Waals surface area contributed by atoms with Gasteiger partial charge in [0.2, 0.25) is 0 Å². The molecule has 1 amide bonds. The molecule has 1 aliphatic heterocycles. The summed E-state index contributed by atoms with van der Waals surface area (Å²) < 4.78 is 17.7. The molecule has 0 aliphatic carbocycles. The smallest absolute Gasteiger partial charge is 0.410 e. The lowest BCUT2D eigenvalue weighted by molar-refractivity contribution is 0.158. The predicted octanol–water partition coefficient (Wildman–Crippen LogP) is 1.15. The normalized spacial score (nSPS) is 19.5. The van der Waals surface area contributed by atoms with Gasteiger partial charge in [0.1, 0.15) is 12.4 Å². The third kappa shape index (κ3) is 2.74. The monoisotopic (exact) mass is 238 g/mol. The van der Waals surface area contributed by atoms with Crippen LogP contribution in [0.2, 0.25) is 0 Å². The Hall–Kier alpha value is -1.62. The molecule has 2 N–H and O–H groups in total. The van der Waals surface area contributed by atoms with Crippen molar-refractivity contribution in [1.82, 2.24) is 4.90 Å². The summed E-state index contributed by atoms with van der Waals surface area (Å²) in [6.45, 7) is 1.27. The Morgan fingerprint density at radius 3 is 2.76 bits per heavy atom. The number of nitrogens with zero attached hydrogens (tertiary/aromatic N) is 1. The maximum absolute atomic E-state index is 12.8. The molecule has 92 valence electrons. The van der Waals surface area contributed by atoms with E-state index in [0.29, 0.717) is 26.1 Å². The molecule has 1 aromatic carbocycles. The van der Waals surface area contributed by atoms with Crippen molar-refractivity contribution in [1.29, 1.82) is 0 Å². The summed E-state index contributed by atoms with van der Waals surface area (Å²) in [6, 6.07) is 6.27. The average molecular weight is 238 g/mol. The molecule has 5 heteroatoms. The van der Waals surface area contributed by atoms with Crippen molar-refractivity contribution < 1.29 is 13.9 Å². The third-order valence-electron chi connectivity index (χ3n) is 2.83. The number of nitrogens with two attached hydrogens (primary N) is 1. The van der Waals surface area contributed by atoms with Crippen LogP contribution in [0.5, 0.6) is 0 Å². The molecule has 1 saturated heterocycles. The van der Waals surface area contributed by atoms with Gasteiger partial charge in [-0.15, -0.1) is 0 Å². The van der Waals surface area contributed by atoms with Crippen LogP contribution in [0.3, 0.4) is 0 Å². The maximum Gasteiger partial charge on any atom is 0.410 e. The zero-order chi connectivity index (χ0) is 12.3. The molecule has 1 aliphatic rings. The number of carbonyl (C=O) groups is 1. The first-order valence-corrected chi connectivity index (χ1v) is 5.58. The summed E-state index contributed by atoms with van der Waals surface area (Å²) in [5.74, 6) is -0.258. The van der Waals surface area contributed by atoms with Gasteiger partial charge in [-0.2, -0.15) is 0 Å². The maximum atomic E-state index is 12.8. The van der Waals surface area contributed by atoms with Crippen LogP contribution in [0.4, 0.5) is 9.18 Å². The van der Waals surface area contributed by atoms with Crippen LogP contribution < -0.4 is 5.73 Å². The Labute approximate surface area is 99.2 Å². The molecular formula is C12H15FN2O2. The minimum Gasteiger partial charge on any atom is -0.447 e. The van der Waals surface area contributed by atoms with Crippen LogP contribution in [-0.2, 0) is 11.2 Å². The Kier molecular flexibility index (Phi) is 3.58. The standard InChI is InChI=1S/C12H15FN2O2/c13-10-3-1-9(2-4-10)7-11-8-17-12(16)15(11)6-5-14/h1-4,11H,5-8,14H2. The fraction of sp³-hybridized carbons (Fsp3) is 0.417. The Morgan fingerprint density at radius 1 is 1.41 bits per heavy atom. The molecule has 1 aromatic rings. The van der Waals surface area contributed by atoms with Crippen molar-refractivity contribution >= 4 is 6.09 Å². The second-order valence-electron chi connectivity index (χ2n) is 4.04. The van der Waals surface area contributed by atoms with Crippen LogP contribution in [0.25, 0.3) is 0 Å². The van der Waals surface area contributed by atoms with Gasteiger partial charge in [-0.3, -0.25) is 0 Å². The van der Waals surface area contributed by atoms with E-state index in [-0.39, 0.29) is 18.0 Å². The predicted molar refractivity (Wildman–Crippen MR) is 61.0 cm³/mol. The van der Waals surface area contributed by atoms with Crippen LogP contribution in [0.15, 0.2) is 24.3 Å². The van der Waals surface area contributed by atoms with Crippen molar-refractivity contribution in [2.45, 2.75) is 12.5 Å². The van der Waals surface area contributed by atoms with Gasteiger partial charge >= 0.3 is 6.09 Å². The summed E-state index contributed by atoms with van der Waals surface area (Å²) in [7, 11) is 0. The molecule has 0 radical (unpaired) electrons. The highest BCUT2D eigenvalue weighted by Crippen LogP contribution is 2.16. The number of ether oxygens (including phenoxy) is 1. The summed E-state index contributed by atoms with van der Waals surface area (Å²) in [4.78, 5) is 13.0. The third-order valence-corrected chi connectivity index (χ3v) is 2.83. The minimum absolute atomic E-state index is 0.00323. The molecule has 1 heterocycles. The molecule has 0 spiro atoms. The zero-order valence-electron chi connectivity index (χ0n) is 9.43. The minimum atomic E-state index is -0.317. The molecule has 17 heavy (non-hydrogen) atoms. The Balaban J connectivity index is 2.02. The Morgan fingerprint density at radius 2 is 2.12 bits per heavy atom. The van der Waals surface area contributed by atoms with Gasteiger partial charge in [0, 0.05) is 13.1 Å². The molecule has 1 atom stereocenters. The first-order chi connectivity index (χ1) is 8.20. The lowest BCUT2D eigenvalue weighted by Gasteiger charge is -2.20. The lowest BCUT2D eigenvalue weighted by Crippen LogP contribution is -2.38. The van der Waals surface area contributed by atoms with Crippen LogP contribution in [0.1, 0.15) is 5.56 Å². The van der Waals surface area contributed by atoms with Crippen molar-refractivity contribution in [3.05, 3.63) is 35.6 Å². The van der Waals surface area contributed by atoms with E-state index < -0.39 is 0 Å². The lowest BCUT2D eigenvalue weighted by atomic mass is 10.1. The SMILES string of the molecule is NCCN1C(=O)OCC1Cc1ccc(F)cc1. The molecule has 1 unspecified atom stereocenters. The fourth-order valence-electron chi connectivity index (χ4n) is 1.96. The van der Waals surface area contributed by atoms with E-state index in [4.69, 9.17) is 10.5 Å². The molecule has 0 saturated carbocycles. The van der Waals surface area contributed by atoms with E-state index in [9.17, 15) is 9.18 Å². The molecule has 0 bridgehead atoms. The first-order valence-electron chi connectivity index (χ1n) is 5.58. The van der Waals surface area contributed by atoms with E-state index >= 15 is 0 Å². The number of amides is 1. The topological polar surface area (TPSA) is 55.6 Å². The van der Waals surface area contributed by atoms with Crippen LogP contribution >= 0.6 is 0 Å². The molecule has 2 rings (SSSR count). The highest BCUT2D eigenvalue weighted by Gasteiger charge is 2.31. The number of cyclic esters (lactones) is 1. The van der Waals surface area contributed by atoms with Crippen LogP contribution in [-0.4, -0.2) is 36.7 Å². The fourth-order valence-corrected chi connectivity index (χ4v) is 1.96. The van der Waals surface area contributed by atoms with Crippen molar-refractivity contribution in [3.63, 3.8) is 0 Å². The quantitative estimate of drug-likeness (QED) is 0.856. The number of rotatable bonds is 4. The van der Waals surface area contributed by atoms with Gasteiger partial charge < -0.3 is 15.4 Å². The van der Waals surface area contributed by atoms with Crippen molar-refractivity contribution in [3.8, 4) is 0 Å². The van der Waals surface area contributed by atoms with Gasteiger partial charge in [0.25, 0.3) is 0 Å². The van der Waals surface area contributed by atoms with Gasteiger partial charge in [-0.25, -0.2) is 9.18 Å². The highest BCUT2D eigenvalue weighted by atomic mass is 19.1. The first kappa shape index (κ1) is 11.9. The number of halogens is 1. The van der Waals surface area contributed by atoms with E-state index in [1.54, 1.807) is 17.0 Å². The number of carbonyl (C=O) groups excluding carboxylic acids is 1. The number of hydrogen-bond donors (Lipinski definition) is 1. The van der Waals surface area contributed by atoms with E-state index in [0.717, 1.165) is 5.56 Å². The largest absolute Gasteiger partial charge is 0.447 e. The van der Waals surface area contributed by atoms with Gasteiger partial charge in [0.15, 0.2) is 0 Å². The summed E-state index contributed by atoms with van der Waals surface area (Å²) in [5, 5.41) is 0. The van der Waals surface area contributed by atoms with E-state index in [1.807, 2.05) is 0 Å². The second kappa shape index (κ2) is 5.14. The highest BCUT2D eigenvalue weighted by molar-refractivity contribution is 5.70. The molecule has 0 aromatic heterocycles.